The lowest BCUT2D eigenvalue weighted by Crippen LogP contribution is -2.18. The van der Waals surface area contributed by atoms with E-state index in [1.807, 2.05) is 45.0 Å². The van der Waals surface area contributed by atoms with Gasteiger partial charge in [0.05, 0.1) is 12.2 Å². The molecule has 0 aromatic heterocycles. The van der Waals surface area contributed by atoms with Gasteiger partial charge in [-0.15, -0.1) is 11.8 Å². The summed E-state index contributed by atoms with van der Waals surface area (Å²) in [5.41, 5.74) is 0.507. The van der Waals surface area contributed by atoms with Gasteiger partial charge in [0.15, 0.2) is 6.16 Å². The minimum atomic E-state index is -1.68. The molecule has 1 rings (SSSR count). The monoisotopic (exact) mass is 411 g/mol. The molecule has 1 aromatic rings. The summed E-state index contributed by atoms with van der Waals surface area (Å²) in [5, 5.41) is 0. The van der Waals surface area contributed by atoms with Gasteiger partial charge in [-0.1, -0.05) is 42.7 Å². The van der Waals surface area contributed by atoms with Crippen LogP contribution in [-0.4, -0.2) is 36.9 Å². The van der Waals surface area contributed by atoms with Crippen LogP contribution in [0.4, 0.5) is 0 Å². The number of rotatable bonds is 13. The van der Waals surface area contributed by atoms with Crippen LogP contribution in [0.1, 0.15) is 40.5 Å². The quantitative estimate of drug-likeness (QED) is 0.133. The second-order valence-corrected chi connectivity index (χ2v) is 9.25. The molecule has 0 saturated carbocycles. The molecule has 2 atom stereocenters. The third-order valence-corrected chi connectivity index (χ3v) is 6.87. The Hall–Kier alpha value is -1.16. The molecule has 0 aliphatic heterocycles. The lowest BCUT2D eigenvalue weighted by atomic mass is 10.2. The molecule has 0 N–H and O–H groups in total. The highest BCUT2D eigenvalue weighted by Gasteiger charge is 2.36. The van der Waals surface area contributed by atoms with Crippen molar-refractivity contribution in [2.24, 2.45) is 5.92 Å². The van der Waals surface area contributed by atoms with E-state index in [1.165, 1.54) is 4.90 Å². The Bertz CT molecular complexity index is 601. The molecule has 0 amide bonds. The van der Waals surface area contributed by atoms with E-state index in [4.69, 9.17) is 9.47 Å². The Morgan fingerprint density at radius 3 is 2.48 bits per heavy atom. The van der Waals surface area contributed by atoms with Crippen LogP contribution < -0.4 is 0 Å². The first kappa shape index (κ1) is 23.9. The number of benzene rings is 1. The van der Waals surface area contributed by atoms with E-state index < -0.39 is 7.80 Å². The Morgan fingerprint density at radius 2 is 1.89 bits per heavy atom. The predicted molar refractivity (Wildman–Crippen MR) is 114 cm³/mol. The molecule has 27 heavy (non-hydrogen) atoms. The number of unbranched alkanes of at least 4 members (excludes halogenated alkanes) is 1. The largest absolute Gasteiger partial charge is 0.463 e. The fraction of sp³-hybridized carbons (Fsp3) is 0.571. The molecule has 0 heterocycles. The Morgan fingerprint density at radius 1 is 1.19 bits per heavy atom. The number of carbonyl (C=O) groups is 1. The van der Waals surface area contributed by atoms with Crippen molar-refractivity contribution < 1.29 is 18.8 Å². The van der Waals surface area contributed by atoms with Gasteiger partial charge in [-0.2, -0.15) is 0 Å². The van der Waals surface area contributed by atoms with E-state index in [2.05, 4.69) is 12.1 Å². The molecule has 0 fully saturated rings. The summed E-state index contributed by atoms with van der Waals surface area (Å²) in [5.74, 6) is 0.405. The minimum absolute atomic E-state index is 0.138. The van der Waals surface area contributed by atoms with E-state index in [9.17, 15) is 9.36 Å². The van der Waals surface area contributed by atoms with Crippen LogP contribution >= 0.6 is 19.6 Å². The number of allylic oxidation sites excluding steroid dienone is 1. The summed E-state index contributed by atoms with van der Waals surface area (Å²) in [6.45, 7) is 8.48. The lowest BCUT2D eigenvalue weighted by Gasteiger charge is -2.11. The van der Waals surface area contributed by atoms with Crippen molar-refractivity contribution in [1.29, 1.82) is 0 Å². The summed E-state index contributed by atoms with van der Waals surface area (Å²) >= 11 is 1.80. The van der Waals surface area contributed by atoms with Gasteiger partial charge in [-0.05, 0) is 44.6 Å². The van der Waals surface area contributed by atoms with Crippen molar-refractivity contribution in [1.82, 2.24) is 0 Å². The van der Waals surface area contributed by atoms with Gasteiger partial charge in [0.2, 0.25) is 0 Å². The fourth-order valence-electron chi connectivity index (χ4n) is 2.54. The summed E-state index contributed by atoms with van der Waals surface area (Å²) in [4.78, 5) is 13.5. The van der Waals surface area contributed by atoms with Crippen molar-refractivity contribution in [3.05, 3.63) is 42.0 Å². The Kier molecular flexibility index (Phi) is 12.3. The average molecular weight is 412 g/mol. The van der Waals surface area contributed by atoms with Crippen molar-refractivity contribution >= 4 is 25.5 Å². The van der Waals surface area contributed by atoms with Crippen LogP contribution in [0.5, 0.6) is 0 Å². The van der Waals surface area contributed by atoms with Crippen molar-refractivity contribution in [2.45, 2.75) is 51.3 Å². The SMILES string of the molecule is CCOC(=O)C(=CCCCSc1ccccc1)C[P+](=O)C(OCC)C(C)C. The number of thioether (sulfide) groups is 1. The highest BCUT2D eigenvalue weighted by Crippen LogP contribution is 2.36. The zero-order valence-electron chi connectivity index (χ0n) is 16.8. The first-order chi connectivity index (χ1) is 13.0. The molecular formula is C21H32O4PS+. The van der Waals surface area contributed by atoms with E-state index in [0.717, 1.165) is 18.6 Å². The summed E-state index contributed by atoms with van der Waals surface area (Å²) in [6.07, 6.45) is 3.80. The van der Waals surface area contributed by atoms with E-state index >= 15 is 0 Å². The van der Waals surface area contributed by atoms with Crippen molar-refractivity contribution in [3.8, 4) is 0 Å². The van der Waals surface area contributed by atoms with Crippen molar-refractivity contribution in [3.63, 3.8) is 0 Å². The van der Waals surface area contributed by atoms with Gasteiger partial charge in [0.1, 0.15) is 0 Å². The first-order valence-electron chi connectivity index (χ1n) is 9.58. The fourth-order valence-corrected chi connectivity index (χ4v) is 5.19. The molecule has 6 heteroatoms. The number of carbonyl (C=O) groups excluding carboxylic acids is 1. The zero-order chi connectivity index (χ0) is 20.1. The lowest BCUT2D eigenvalue weighted by molar-refractivity contribution is -0.138. The predicted octanol–water partition coefficient (Wildman–Crippen LogP) is 5.89. The van der Waals surface area contributed by atoms with E-state index in [1.54, 1.807) is 18.7 Å². The molecule has 0 aliphatic carbocycles. The molecule has 0 bridgehead atoms. The van der Waals surface area contributed by atoms with Crippen LogP contribution in [0.15, 0.2) is 46.9 Å². The van der Waals surface area contributed by atoms with Crippen LogP contribution in [-0.2, 0) is 18.8 Å². The van der Waals surface area contributed by atoms with Crippen LogP contribution in [0.25, 0.3) is 0 Å². The Balaban J connectivity index is 2.62. The molecule has 4 nitrogen and oxygen atoms in total. The molecule has 0 aliphatic rings. The maximum atomic E-state index is 12.7. The van der Waals surface area contributed by atoms with Gasteiger partial charge in [-0.3, -0.25) is 0 Å². The molecule has 0 spiro atoms. The van der Waals surface area contributed by atoms with Gasteiger partial charge in [0.25, 0.3) is 5.85 Å². The van der Waals surface area contributed by atoms with E-state index in [0.29, 0.717) is 18.8 Å². The molecule has 0 radical (unpaired) electrons. The van der Waals surface area contributed by atoms with Gasteiger partial charge < -0.3 is 9.47 Å². The third kappa shape index (κ3) is 9.55. The second kappa shape index (κ2) is 13.9. The molecule has 150 valence electrons. The molecule has 0 saturated heterocycles. The van der Waals surface area contributed by atoms with Crippen molar-refractivity contribution in [2.75, 3.05) is 25.1 Å². The zero-order valence-corrected chi connectivity index (χ0v) is 18.6. The van der Waals surface area contributed by atoms with Gasteiger partial charge >= 0.3 is 13.8 Å². The maximum absolute atomic E-state index is 12.7. The maximum Gasteiger partial charge on any atom is 0.375 e. The summed E-state index contributed by atoms with van der Waals surface area (Å²) < 4.78 is 23.5. The number of ether oxygens (including phenoxy) is 2. The third-order valence-electron chi connectivity index (χ3n) is 3.81. The average Bonchev–Trinajstić information content (AvgIpc) is 2.65. The van der Waals surface area contributed by atoms with Gasteiger partial charge in [-0.25, -0.2) is 4.79 Å². The molecule has 1 aromatic carbocycles. The van der Waals surface area contributed by atoms with Gasteiger partial charge in [0, 0.05) is 17.4 Å². The van der Waals surface area contributed by atoms with Crippen LogP contribution in [0.2, 0.25) is 0 Å². The Labute approximate surface area is 168 Å². The topological polar surface area (TPSA) is 52.6 Å². The number of esters is 1. The number of hydrogen-bond acceptors (Lipinski definition) is 5. The van der Waals surface area contributed by atoms with E-state index in [-0.39, 0.29) is 23.9 Å². The second-order valence-electron chi connectivity index (χ2n) is 6.42. The number of hydrogen-bond donors (Lipinski definition) is 0. The molecular weight excluding hydrogens is 379 g/mol. The van der Waals surface area contributed by atoms with Crippen LogP contribution in [0, 0.1) is 5.92 Å². The minimum Gasteiger partial charge on any atom is -0.463 e. The normalized spacial score (nSPS) is 13.5. The summed E-state index contributed by atoms with van der Waals surface area (Å²) in [7, 11) is -1.68. The smallest absolute Gasteiger partial charge is 0.375 e. The van der Waals surface area contributed by atoms with Crippen LogP contribution in [0.3, 0.4) is 0 Å². The summed E-state index contributed by atoms with van der Waals surface area (Å²) in [6, 6.07) is 10.2. The standard InChI is InChI=1S/C21H32O4PS/c1-5-24-20(22)18(16-26(23)21(17(3)4)25-6-2)12-10-11-15-27-19-13-8-7-9-14-19/h7-9,12-14,17,21H,5-6,10-11,15-16H2,1-4H3/q+1. The highest BCUT2D eigenvalue weighted by atomic mass is 32.2. The highest BCUT2D eigenvalue weighted by molar-refractivity contribution is 7.99. The molecule has 2 unspecified atom stereocenters. The first-order valence-corrected chi connectivity index (χ1v) is 12.1.